The molecule has 1 fully saturated rings. The first-order valence-electron chi connectivity index (χ1n) is 8.17. The van der Waals surface area contributed by atoms with E-state index in [1.165, 1.54) is 0 Å². The largest absolute Gasteiger partial charge is 0.378 e. The van der Waals surface area contributed by atoms with Crippen molar-refractivity contribution in [3.05, 3.63) is 0 Å². The molecule has 1 atom stereocenters. The predicted octanol–water partition coefficient (Wildman–Crippen LogP) is 2.84. The fraction of sp³-hybridized carbons (Fsp3) is 0.938. The average Bonchev–Trinajstić information content (AvgIpc) is 2.45. The smallest absolute Gasteiger partial charge is 0.222 e. The van der Waals surface area contributed by atoms with Crippen LogP contribution in [0.25, 0.3) is 0 Å². The Morgan fingerprint density at radius 3 is 2.43 bits per heavy atom. The predicted molar refractivity (Wildman–Crippen MR) is 89.7 cm³/mol. The summed E-state index contributed by atoms with van der Waals surface area (Å²) in [7, 11) is 0. The maximum atomic E-state index is 12.3. The van der Waals surface area contributed by atoms with Crippen LogP contribution in [0.15, 0.2) is 0 Å². The molecule has 0 saturated carbocycles. The number of piperidine rings is 1. The van der Waals surface area contributed by atoms with Crippen LogP contribution < -0.4 is 5.73 Å². The molecule has 5 heteroatoms. The molecule has 0 aromatic carbocycles. The van der Waals surface area contributed by atoms with Crippen molar-refractivity contribution in [3.8, 4) is 0 Å². The Hall–Kier alpha value is -0.320. The topological polar surface area (TPSA) is 55.6 Å². The standard InChI is InChI=1S/C16H32N2O2.ClH/c1-4-14(13(2)3)12-16(19)18-9-6-15(7-10-18)20-11-5-8-17;/h13-15H,4-12,17H2,1-3H3;1H. The van der Waals surface area contributed by atoms with E-state index in [1.54, 1.807) is 0 Å². The molecule has 126 valence electrons. The summed E-state index contributed by atoms with van der Waals surface area (Å²) < 4.78 is 5.77. The van der Waals surface area contributed by atoms with Crippen LogP contribution in [0, 0.1) is 11.8 Å². The third-order valence-electron chi connectivity index (χ3n) is 4.40. The summed E-state index contributed by atoms with van der Waals surface area (Å²) in [5, 5.41) is 0. The Balaban J connectivity index is 0.00000400. The number of carbonyl (C=O) groups excluding carboxylic acids is 1. The maximum absolute atomic E-state index is 12.3. The Kier molecular flexibility index (Phi) is 11.1. The number of nitrogens with two attached hydrogens (primary N) is 1. The maximum Gasteiger partial charge on any atom is 0.222 e. The van der Waals surface area contributed by atoms with Gasteiger partial charge < -0.3 is 15.4 Å². The highest BCUT2D eigenvalue weighted by molar-refractivity contribution is 5.85. The van der Waals surface area contributed by atoms with Crippen LogP contribution in [-0.4, -0.2) is 43.2 Å². The third-order valence-corrected chi connectivity index (χ3v) is 4.40. The molecule has 0 aliphatic carbocycles. The molecule has 1 aliphatic rings. The lowest BCUT2D eigenvalue weighted by Gasteiger charge is -2.33. The second-order valence-corrected chi connectivity index (χ2v) is 6.21. The number of halogens is 1. The molecular weight excluding hydrogens is 288 g/mol. The molecule has 0 spiro atoms. The van der Waals surface area contributed by atoms with E-state index in [0.29, 0.717) is 36.8 Å². The zero-order valence-corrected chi connectivity index (χ0v) is 14.7. The van der Waals surface area contributed by atoms with Gasteiger partial charge in [-0.2, -0.15) is 0 Å². The van der Waals surface area contributed by atoms with E-state index >= 15 is 0 Å². The van der Waals surface area contributed by atoms with Gasteiger partial charge in [0.1, 0.15) is 0 Å². The van der Waals surface area contributed by atoms with Gasteiger partial charge in [0.2, 0.25) is 5.91 Å². The molecule has 2 N–H and O–H groups in total. The first-order chi connectivity index (χ1) is 9.58. The fourth-order valence-corrected chi connectivity index (χ4v) is 2.81. The van der Waals surface area contributed by atoms with Gasteiger partial charge in [-0.15, -0.1) is 12.4 Å². The Morgan fingerprint density at radius 1 is 1.33 bits per heavy atom. The monoisotopic (exact) mass is 320 g/mol. The van der Waals surface area contributed by atoms with Gasteiger partial charge >= 0.3 is 0 Å². The lowest BCUT2D eigenvalue weighted by molar-refractivity contribution is -0.135. The van der Waals surface area contributed by atoms with E-state index in [1.807, 2.05) is 4.90 Å². The van der Waals surface area contributed by atoms with Gasteiger partial charge in [0, 0.05) is 26.1 Å². The molecule has 1 amide bonds. The zero-order chi connectivity index (χ0) is 15.0. The SMILES string of the molecule is CCC(CC(=O)N1CCC(OCCCN)CC1)C(C)C.Cl. The fourth-order valence-electron chi connectivity index (χ4n) is 2.81. The van der Waals surface area contributed by atoms with Crippen LogP contribution in [0.1, 0.15) is 52.9 Å². The van der Waals surface area contributed by atoms with E-state index in [0.717, 1.165) is 45.4 Å². The summed E-state index contributed by atoms with van der Waals surface area (Å²) in [6, 6.07) is 0. The van der Waals surface area contributed by atoms with E-state index in [-0.39, 0.29) is 12.4 Å². The normalized spacial score (nSPS) is 17.7. The number of hydrogen-bond donors (Lipinski definition) is 1. The van der Waals surface area contributed by atoms with Crippen LogP contribution >= 0.6 is 12.4 Å². The number of carbonyl (C=O) groups is 1. The molecule has 0 aromatic heterocycles. The van der Waals surface area contributed by atoms with E-state index < -0.39 is 0 Å². The molecule has 4 nitrogen and oxygen atoms in total. The van der Waals surface area contributed by atoms with Gasteiger partial charge in [0.15, 0.2) is 0 Å². The van der Waals surface area contributed by atoms with Crippen LogP contribution in [0.4, 0.5) is 0 Å². The van der Waals surface area contributed by atoms with Crippen LogP contribution in [0.5, 0.6) is 0 Å². The summed E-state index contributed by atoms with van der Waals surface area (Å²) >= 11 is 0. The summed E-state index contributed by atoms with van der Waals surface area (Å²) in [4.78, 5) is 14.3. The van der Waals surface area contributed by atoms with Crippen molar-refractivity contribution in [1.29, 1.82) is 0 Å². The number of rotatable bonds is 8. The Morgan fingerprint density at radius 2 is 1.95 bits per heavy atom. The molecule has 1 saturated heterocycles. The average molecular weight is 321 g/mol. The Labute approximate surface area is 136 Å². The van der Waals surface area contributed by atoms with Crippen molar-refractivity contribution >= 4 is 18.3 Å². The number of nitrogens with zero attached hydrogens (tertiary/aromatic N) is 1. The van der Waals surface area contributed by atoms with E-state index in [4.69, 9.17) is 10.5 Å². The minimum atomic E-state index is 0. The highest BCUT2D eigenvalue weighted by Crippen LogP contribution is 2.22. The van der Waals surface area contributed by atoms with Gasteiger partial charge in [-0.05, 0) is 37.6 Å². The van der Waals surface area contributed by atoms with Crippen molar-refractivity contribution < 1.29 is 9.53 Å². The van der Waals surface area contributed by atoms with Crippen LogP contribution in [-0.2, 0) is 9.53 Å². The van der Waals surface area contributed by atoms with Gasteiger partial charge in [0.25, 0.3) is 0 Å². The minimum Gasteiger partial charge on any atom is -0.378 e. The highest BCUT2D eigenvalue weighted by atomic mass is 35.5. The minimum absolute atomic E-state index is 0. The molecule has 1 rings (SSSR count). The lowest BCUT2D eigenvalue weighted by Crippen LogP contribution is -2.41. The molecule has 0 radical (unpaired) electrons. The first kappa shape index (κ1) is 20.7. The van der Waals surface area contributed by atoms with Crippen molar-refractivity contribution in [2.45, 2.75) is 59.0 Å². The van der Waals surface area contributed by atoms with Crippen LogP contribution in [0.2, 0.25) is 0 Å². The van der Waals surface area contributed by atoms with E-state index in [9.17, 15) is 4.79 Å². The third kappa shape index (κ3) is 7.48. The van der Waals surface area contributed by atoms with E-state index in [2.05, 4.69) is 20.8 Å². The second-order valence-electron chi connectivity index (χ2n) is 6.21. The molecule has 1 aliphatic heterocycles. The number of hydrogen-bond acceptors (Lipinski definition) is 3. The molecule has 21 heavy (non-hydrogen) atoms. The summed E-state index contributed by atoms with van der Waals surface area (Å²) in [6.07, 6.45) is 4.96. The number of amides is 1. The summed E-state index contributed by atoms with van der Waals surface area (Å²) in [5.41, 5.74) is 5.46. The lowest BCUT2D eigenvalue weighted by atomic mass is 9.89. The van der Waals surface area contributed by atoms with Gasteiger partial charge in [-0.3, -0.25) is 4.79 Å². The number of likely N-dealkylation sites (tertiary alicyclic amines) is 1. The summed E-state index contributed by atoms with van der Waals surface area (Å²) in [6.45, 7) is 9.72. The molecule has 1 heterocycles. The van der Waals surface area contributed by atoms with Gasteiger partial charge in [0.05, 0.1) is 6.10 Å². The first-order valence-corrected chi connectivity index (χ1v) is 8.17. The molecular formula is C16H33ClN2O2. The highest BCUT2D eigenvalue weighted by Gasteiger charge is 2.25. The second kappa shape index (κ2) is 11.3. The van der Waals surface area contributed by atoms with Crippen molar-refractivity contribution in [2.24, 2.45) is 17.6 Å². The quantitative estimate of drug-likeness (QED) is 0.700. The molecule has 0 bridgehead atoms. The van der Waals surface area contributed by atoms with Gasteiger partial charge in [-0.25, -0.2) is 0 Å². The zero-order valence-electron chi connectivity index (χ0n) is 13.8. The van der Waals surface area contributed by atoms with Crippen molar-refractivity contribution in [3.63, 3.8) is 0 Å². The summed E-state index contributed by atoms with van der Waals surface area (Å²) in [5.74, 6) is 1.42. The van der Waals surface area contributed by atoms with Crippen molar-refractivity contribution in [2.75, 3.05) is 26.2 Å². The molecule has 0 aromatic rings. The van der Waals surface area contributed by atoms with Crippen molar-refractivity contribution in [1.82, 2.24) is 4.90 Å². The Bertz CT molecular complexity index is 279. The molecule has 1 unspecified atom stereocenters. The van der Waals surface area contributed by atoms with Gasteiger partial charge in [-0.1, -0.05) is 27.2 Å². The van der Waals surface area contributed by atoms with Crippen LogP contribution in [0.3, 0.4) is 0 Å². The number of ether oxygens (including phenoxy) is 1.